The van der Waals surface area contributed by atoms with Gasteiger partial charge in [0.1, 0.15) is 0 Å². The predicted molar refractivity (Wildman–Crippen MR) is 84.8 cm³/mol. The molecule has 2 saturated carbocycles. The van der Waals surface area contributed by atoms with Gasteiger partial charge in [-0.05, 0) is 44.4 Å². The zero-order valence-electron chi connectivity index (χ0n) is 13.7. The summed E-state index contributed by atoms with van der Waals surface area (Å²) in [4.78, 5) is 16.5. The summed E-state index contributed by atoms with van der Waals surface area (Å²) < 4.78 is 5.28. The Hall–Kier alpha value is -1.43. The summed E-state index contributed by atoms with van der Waals surface area (Å²) in [6.07, 6.45) is 9.61. The van der Waals surface area contributed by atoms with Crippen molar-refractivity contribution in [1.82, 2.24) is 15.5 Å². The van der Waals surface area contributed by atoms with E-state index in [0.29, 0.717) is 30.6 Å². The molecule has 1 aromatic rings. The number of aliphatic hydroxyl groups is 1. The van der Waals surface area contributed by atoms with Crippen LogP contribution in [0.4, 0.5) is 0 Å². The molecule has 1 heterocycles. The second-order valence-corrected chi connectivity index (χ2v) is 7.00. The summed E-state index contributed by atoms with van der Waals surface area (Å²) in [5, 5.41) is 16.3. The number of aliphatic hydroxyl groups excluding tert-OH is 1. The summed E-state index contributed by atoms with van der Waals surface area (Å²) in [6, 6.07) is 0.252. The Bertz CT molecular complexity index is 503. The van der Waals surface area contributed by atoms with Crippen LogP contribution in [0.1, 0.15) is 75.4 Å². The van der Waals surface area contributed by atoms with Gasteiger partial charge in [0.15, 0.2) is 5.82 Å². The fraction of sp³-hybridized carbons (Fsp3) is 0.824. The molecule has 0 aromatic carbocycles. The second-order valence-electron chi connectivity index (χ2n) is 7.00. The molecule has 0 saturated heterocycles. The Labute approximate surface area is 137 Å². The monoisotopic (exact) mass is 321 g/mol. The Kier molecular flexibility index (Phi) is 5.65. The van der Waals surface area contributed by atoms with Gasteiger partial charge < -0.3 is 14.9 Å². The van der Waals surface area contributed by atoms with Gasteiger partial charge in [0.05, 0.1) is 0 Å². The molecule has 6 heteroatoms. The van der Waals surface area contributed by atoms with E-state index in [9.17, 15) is 4.79 Å². The lowest BCUT2D eigenvalue weighted by molar-refractivity contribution is -0.122. The predicted octanol–water partition coefficient (Wildman–Crippen LogP) is 2.33. The molecule has 2 aliphatic rings. The third-order valence-corrected chi connectivity index (χ3v) is 5.24. The number of aromatic nitrogens is 2. The summed E-state index contributed by atoms with van der Waals surface area (Å²) >= 11 is 0. The minimum atomic E-state index is 0.0538. The van der Waals surface area contributed by atoms with Crippen LogP contribution in [0.3, 0.4) is 0 Å². The van der Waals surface area contributed by atoms with Crippen molar-refractivity contribution in [2.45, 2.75) is 76.2 Å². The first-order valence-corrected chi connectivity index (χ1v) is 8.97. The topological polar surface area (TPSA) is 88.2 Å². The number of carbonyl (C=O) groups is 1. The van der Waals surface area contributed by atoms with Gasteiger partial charge in [0.25, 0.3) is 0 Å². The first-order valence-electron chi connectivity index (χ1n) is 8.97. The molecule has 0 unspecified atom stereocenters. The van der Waals surface area contributed by atoms with Gasteiger partial charge in [-0.2, -0.15) is 4.98 Å². The van der Waals surface area contributed by atoms with E-state index in [1.54, 1.807) is 0 Å². The number of amides is 1. The molecule has 0 aliphatic heterocycles. The summed E-state index contributed by atoms with van der Waals surface area (Å²) in [5.74, 6) is 2.31. The van der Waals surface area contributed by atoms with Crippen LogP contribution in [0, 0.1) is 5.92 Å². The van der Waals surface area contributed by atoms with Crippen LogP contribution in [0.2, 0.25) is 0 Å². The molecule has 2 fully saturated rings. The highest BCUT2D eigenvalue weighted by Gasteiger charge is 2.23. The van der Waals surface area contributed by atoms with E-state index in [2.05, 4.69) is 15.5 Å². The van der Waals surface area contributed by atoms with Crippen molar-refractivity contribution >= 4 is 5.91 Å². The maximum Gasteiger partial charge on any atom is 0.227 e. The first-order chi connectivity index (χ1) is 11.2. The Balaban J connectivity index is 1.39. The lowest BCUT2D eigenvalue weighted by atomic mass is 9.86. The van der Waals surface area contributed by atoms with E-state index in [1.165, 1.54) is 12.8 Å². The van der Waals surface area contributed by atoms with Crippen LogP contribution in [0.5, 0.6) is 0 Å². The minimum Gasteiger partial charge on any atom is -0.396 e. The largest absolute Gasteiger partial charge is 0.396 e. The van der Waals surface area contributed by atoms with Gasteiger partial charge in [0.2, 0.25) is 11.8 Å². The molecule has 0 spiro atoms. The maximum absolute atomic E-state index is 12.0. The molecule has 2 aliphatic carbocycles. The smallest absolute Gasteiger partial charge is 0.227 e. The number of rotatable bonds is 6. The van der Waals surface area contributed by atoms with Crippen LogP contribution in [-0.4, -0.2) is 33.8 Å². The molecule has 1 aromatic heterocycles. The highest BCUT2D eigenvalue weighted by molar-refractivity contribution is 5.76. The van der Waals surface area contributed by atoms with Crippen molar-refractivity contribution in [3.8, 4) is 0 Å². The van der Waals surface area contributed by atoms with Gasteiger partial charge in [-0.3, -0.25) is 4.79 Å². The van der Waals surface area contributed by atoms with Crippen LogP contribution in [0.25, 0.3) is 0 Å². The molecule has 2 N–H and O–H groups in total. The lowest BCUT2D eigenvalue weighted by Gasteiger charge is -2.27. The molecule has 3 rings (SSSR count). The molecule has 1 amide bonds. The zero-order chi connectivity index (χ0) is 16.1. The summed E-state index contributed by atoms with van der Waals surface area (Å²) in [6.45, 7) is 0.265. The third-order valence-electron chi connectivity index (χ3n) is 5.24. The van der Waals surface area contributed by atoms with Gasteiger partial charge in [-0.15, -0.1) is 0 Å². The standard InChI is InChI=1S/C17H27N3O3/c21-11-12-5-7-14(8-6-12)18-15(22)9-10-16-19-17(20-23-16)13-3-1-2-4-13/h12-14,21H,1-11H2,(H,18,22). The number of hydrogen-bond acceptors (Lipinski definition) is 5. The molecule has 128 valence electrons. The highest BCUT2D eigenvalue weighted by Crippen LogP contribution is 2.32. The van der Waals surface area contributed by atoms with Crippen molar-refractivity contribution in [2.24, 2.45) is 5.92 Å². The minimum absolute atomic E-state index is 0.0538. The van der Waals surface area contributed by atoms with Crippen LogP contribution in [0.15, 0.2) is 4.52 Å². The van der Waals surface area contributed by atoms with Gasteiger partial charge in [-0.1, -0.05) is 18.0 Å². The van der Waals surface area contributed by atoms with Crippen LogP contribution >= 0.6 is 0 Å². The molecule has 0 atom stereocenters. The quantitative estimate of drug-likeness (QED) is 0.839. The van der Waals surface area contributed by atoms with Crippen molar-refractivity contribution < 1.29 is 14.4 Å². The maximum atomic E-state index is 12.0. The SMILES string of the molecule is O=C(CCc1nc(C2CCCC2)no1)NC1CCC(CO)CC1. The summed E-state index contributed by atoms with van der Waals surface area (Å²) in [5.41, 5.74) is 0. The lowest BCUT2D eigenvalue weighted by Crippen LogP contribution is -2.38. The van der Waals surface area contributed by atoms with Crippen molar-refractivity contribution in [1.29, 1.82) is 0 Å². The number of hydrogen-bond donors (Lipinski definition) is 2. The molecular weight excluding hydrogens is 294 g/mol. The van der Waals surface area contributed by atoms with E-state index in [4.69, 9.17) is 9.63 Å². The van der Waals surface area contributed by atoms with Gasteiger partial charge in [-0.25, -0.2) is 0 Å². The fourth-order valence-corrected chi connectivity index (χ4v) is 3.73. The van der Waals surface area contributed by atoms with Crippen molar-refractivity contribution in [2.75, 3.05) is 6.61 Å². The van der Waals surface area contributed by atoms with Gasteiger partial charge >= 0.3 is 0 Å². The Morgan fingerprint density at radius 1 is 1.17 bits per heavy atom. The van der Waals surface area contributed by atoms with Crippen LogP contribution < -0.4 is 5.32 Å². The molecule has 0 bridgehead atoms. The van der Waals surface area contributed by atoms with E-state index >= 15 is 0 Å². The average Bonchev–Trinajstić information content (AvgIpc) is 3.25. The molecular formula is C17H27N3O3. The Morgan fingerprint density at radius 2 is 1.91 bits per heavy atom. The van der Waals surface area contributed by atoms with Crippen molar-refractivity contribution in [3.63, 3.8) is 0 Å². The first kappa shape index (κ1) is 16.4. The van der Waals surface area contributed by atoms with Crippen molar-refractivity contribution in [3.05, 3.63) is 11.7 Å². The molecule has 6 nitrogen and oxygen atoms in total. The molecule has 0 radical (unpaired) electrons. The zero-order valence-corrected chi connectivity index (χ0v) is 13.7. The van der Waals surface area contributed by atoms with E-state index < -0.39 is 0 Å². The third kappa shape index (κ3) is 4.53. The fourth-order valence-electron chi connectivity index (χ4n) is 3.73. The number of carbonyl (C=O) groups excluding carboxylic acids is 1. The number of aryl methyl sites for hydroxylation is 1. The Morgan fingerprint density at radius 3 is 2.61 bits per heavy atom. The highest BCUT2D eigenvalue weighted by atomic mass is 16.5. The number of nitrogens with zero attached hydrogens (tertiary/aromatic N) is 2. The van der Waals surface area contributed by atoms with E-state index in [1.807, 2.05) is 0 Å². The van der Waals surface area contributed by atoms with E-state index in [-0.39, 0.29) is 18.6 Å². The van der Waals surface area contributed by atoms with Gasteiger partial charge in [0, 0.05) is 31.4 Å². The second kappa shape index (κ2) is 7.90. The normalized spacial score (nSPS) is 25.6. The van der Waals surface area contributed by atoms with Crippen LogP contribution in [-0.2, 0) is 11.2 Å². The molecule has 23 heavy (non-hydrogen) atoms. The van der Waals surface area contributed by atoms with E-state index in [0.717, 1.165) is 44.3 Å². The summed E-state index contributed by atoms with van der Waals surface area (Å²) in [7, 11) is 0. The number of nitrogens with one attached hydrogen (secondary N) is 1. The average molecular weight is 321 g/mol.